The summed E-state index contributed by atoms with van der Waals surface area (Å²) in [6, 6.07) is 7.74. The molecule has 0 bridgehead atoms. The maximum Gasteiger partial charge on any atom is 0.353 e. The zero-order chi connectivity index (χ0) is 18.4. The largest absolute Gasteiger partial charge is 0.353 e. The fourth-order valence-corrected chi connectivity index (χ4v) is 2.29. The molecule has 1 heterocycles. The van der Waals surface area contributed by atoms with Gasteiger partial charge in [-0.15, -0.1) is 0 Å². The molecule has 1 aromatic heterocycles. The van der Waals surface area contributed by atoms with Gasteiger partial charge in [0.1, 0.15) is 25.2 Å². The molecule has 0 saturated carbocycles. The van der Waals surface area contributed by atoms with Gasteiger partial charge in [-0.1, -0.05) is 15.9 Å². The van der Waals surface area contributed by atoms with Gasteiger partial charge >= 0.3 is 5.69 Å². The van der Waals surface area contributed by atoms with E-state index in [1.807, 2.05) is 12.1 Å². The van der Waals surface area contributed by atoms with Gasteiger partial charge in [-0.25, -0.2) is 14.4 Å². The number of nitrogens with zero attached hydrogens (tertiary/aromatic N) is 6. The topological polar surface area (TPSA) is 132 Å². The first-order valence-corrected chi connectivity index (χ1v) is 7.47. The van der Waals surface area contributed by atoms with E-state index in [0.717, 1.165) is 11.2 Å². The predicted molar refractivity (Wildman–Crippen MR) is 89.5 cm³/mol. The van der Waals surface area contributed by atoms with E-state index in [2.05, 4.69) is 31.2 Å². The Balaban J connectivity index is 2.52. The van der Waals surface area contributed by atoms with Gasteiger partial charge in [0.15, 0.2) is 0 Å². The van der Waals surface area contributed by atoms with Crippen LogP contribution in [0.25, 0.3) is 0 Å². The van der Waals surface area contributed by atoms with Crippen LogP contribution in [-0.2, 0) is 0 Å². The average molecular weight is 406 g/mol. The van der Waals surface area contributed by atoms with Gasteiger partial charge in [0.2, 0.25) is 11.6 Å². The van der Waals surface area contributed by atoms with Crippen LogP contribution in [0.15, 0.2) is 29.0 Å². The number of benzene rings is 1. The third kappa shape index (κ3) is 4.16. The molecule has 0 atom stereocenters. The Morgan fingerprint density at radius 3 is 2.56 bits per heavy atom. The summed E-state index contributed by atoms with van der Waals surface area (Å²) in [5.74, 6) is -1.10. The first-order valence-electron chi connectivity index (χ1n) is 6.68. The highest BCUT2D eigenvalue weighted by atomic mass is 79.9. The number of rotatable bonds is 6. The lowest BCUT2D eigenvalue weighted by Crippen LogP contribution is -2.26. The minimum absolute atomic E-state index is 0.0249. The Labute approximate surface area is 149 Å². The number of nitrogens with one attached hydrogen (secondary N) is 1. The molecule has 126 valence electrons. The van der Waals surface area contributed by atoms with E-state index in [0.29, 0.717) is 4.47 Å². The molecule has 0 aliphatic heterocycles. The summed E-state index contributed by atoms with van der Waals surface area (Å²) in [7, 11) is 0. The van der Waals surface area contributed by atoms with Crippen LogP contribution >= 0.6 is 15.9 Å². The number of halogens is 2. The van der Waals surface area contributed by atoms with Crippen molar-refractivity contribution in [2.45, 2.75) is 0 Å². The molecule has 0 aliphatic rings. The van der Waals surface area contributed by atoms with Crippen LogP contribution in [-0.4, -0.2) is 28.0 Å². The molecule has 0 unspecified atom stereocenters. The number of hydrogen-bond donors (Lipinski definition) is 1. The quantitative estimate of drug-likeness (QED) is 0.440. The van der Waals surface area contributed by atoms with Gasteiger partial charge in [0.25, 0.3) is 0 Å². The van der Waals surface area contributed by atoms with Gasteiger partial charge < -0.3 is 10.2 Å². The number of nitro groups is 1. The summed E-state index contributed by atoms with van der Waals surface area (Å²) >= 11 is 3.12. The standard InChI is InChI=1S/C14H9BrFN7O2/c15-9-1-2-11(10(16)7-9)21-13-12(23(24)25)14(20-8-19-13)22(5-3-17)6-4-18/h1-2,7-8H,5-6H2,(H,19,20,21). The molecular formula is C14H9BrFN7O2. The number of nitriles is 2. The Hall–Kier alpha value is -3.31. The number of aromatic nitrogens is 2. The summed E-state index contributed by atoms with van der Waals surface area (Å²) < 4.78 is 14.5. The fraction of sp³-hybridized carbons (Fsp3) is 0.143. The van der Waals surface area contributed by atoms with Crippen LogP contribution in [0.5, 0.6) is 0 Å². The van der Waals surface area contributed by atoms with Crippen molar-refractivity contribution in [1.82, 2.24) is 9.97 Å². The van der Waals surface area contributed by atoms with E-state index in [1.54, 1.807) is 6.07 Å². The molecular weight excluding hydrogens is 397 g/mol. The molecule has 0 spiro atoms. The summed E-state index contributed by atoms with van der Waals surface area (Å²) in [4.78, 5) is 19.4. The van der Waals surface area contributed by atoms with Crippen LogP contribution < -0.4 is 10.2 Å². The zero-order valence-electron chi connectivity index (χ0n) is 12.5. The van der Waals surface area contributed by atoms with Gasteiger partial charge in [-0.3, -0.25) is 10.1 Å². The molecule has 11 heteroatoms. The summed E-state index contributed by atoms with van der Waals surface area (Å²) in [5.41, 5.74) is -0.585. The normalized spacial score (nSPS) is 9.76. The minimum atomic E-state index is -0.754. The molecule has 9 nitrogen and oxygen atoms in total. The van der Waals surface area contributed by atoms with Crippen LogP contribution in [0.3, 0.4) is 0 Å². The lowest BCUT2D eigenvalue weighted by atomic mass is 10.3. The molecule has 0 fully saturated rings. The van der Waals surface area contributed by atoms with Crippen molar-refractivity contribution >= 4 is 38.9 Å². The van der Waals surface area contributed by atoms with Crippen molar-refractivity contribution in [3.05, 3.63) is 44.9 Å². The summed E-state index contributed by atoms with van der Waals surface area (Å²) in [6.07, 6.45) is 1.03. The fourth-order valence-electron chi connectivity index (χ4n) is 1.96. The maximum absolute atomic E-state index is 14.0. The number of anilines is 3. The second kappa shape index (κ2) is 7.99. The van der Waals surface area contributed by atoms with Crippen molar-refractivity contribution in [2.24, 2.45) is 0 Å². The lowest BCUT2D eigenvalue weighted by molar-refractivity contribution is -0.383. The maximum atomic E-state index is 14.0. The van der Waals surface area contributed by atoms with E-state index in [-0.39, 0.29) is 30.4 Å². The van der Waals surface area contributed by atoms with E-state index in [9.17, 15) is 14.5 Å². The summed E-state index contributed by atoms with van der Waals surface area (Å²) in [6.45, 7) is -0.561. The molecule has 1 N–H and O–H groups in total. The average Bonchev–Trinajstić information content (AvgIpc) is 2.57. The highest BCUT2D eigenvalue weighted by Crippen LogP contribution is 2.34. The molecule has 0 saturated heterocycles. The van der Waals surface area contributed by atoms with Crippen LogP contribution in [0.4, 0.5) is 27.4 Å². The second-order valence-corrected chi connectivity index (χ2v) is 5.49. The molecule has 2 rings (SSSR count). The van der Waals surface area contributed by atoms with E-state index < -0.39 is 16.4 Å². The van der Waals surface area contributed by atoms with Crippen LogP contribution in [0.2, 0.25) is 0 Å². The Morgan fingerprint density at radius 2 is 2.00 bits per heavy atom. The first-order chi connectivity index (χ1) is 12.0. The first kappa shape index (κ1) is 18.0. The SMILES string of the molecule is N#CCN(CC#N)c1ncnc(Nc2ccc(Br)cc2F)c1[N+](=O)[O-]. The Bertz CT molecular complexity index is 878. The minimum Gasteiger partial charge on any atom is -0.332 e. The van der Waals surface area contributed by atoms with Crippen LogP contribution in [0, 0.1) is 38.6 Å². The lowest BCUT2D eigenvalue weighted by Gasteiger charge is -2.17. The van der Waals surface area contributed by atoms with Crippen molar-refractivity contribution in [1.29, 1.82) is 10.5 Å². The van der Waals surface area contributed by atoms with Crippen molar-refractivity contribution < 1.29 is 9.31 Å². The molecule has 0 amide bonds. The zero-order valence-corrected chi connectivity index (χ0v) is 14.1. The highest BCUT2D eigenvalue weighted by molar-refractivity contribution is 9.10. The Kier molecular flexibility index (Phi) is 5.76. The van der Waals surface area contributed by atoms with Crippen molar-refractivity contribution in [3.8, 4) is 12.1 Å². The van der Waals surface area contributed by atoms with Crippen molar-refractivity contribution in [3.63, 3.8) is 0 Å². The molecule has 0 aliphatic carbocycles. The third-order valence-electron chi connectivity index (χ3n) is 2.99. The van der Waals surface area contributed by atoms with Gasteiger partial charge in [0.05, 0.1) is 22.7 Å². The van der Waals surface area contributed by atoms with Gasteiger partial charge in [-0.2, -0.15) is 10.5 Å². The third-order valence-corrected chi connectivity index (χ3v) is 3.49. The van der Waals surface area contributed by atoms with E-state index in [4.69, 9.17) is 10.5 Å². The number of hydrogen-bond acceptors (Lipinski definition) is 8. The van der Waals surface area contributed by atoms with Crippen LogP contribution in [0.1, 0.15) is 0 Å². The molecule has 25 heavy (non-hydrogen) atoms. The highest BCUT2D eigenvalue weighted by Gasteiger charge is 2.27. The summed E-state index contributed by atoms with van der Waals surface area (Å²) in [5, 5.41) is 31.7. The van der Waals surface area contributed by atoms with Gasteiger partial charge in [-0.05, 0) is 18.2 Å². The van der Waals surface area contributed by atoms with E-state index >= 15 is 0 Å². The second-order valence-electron chi connectivity index (χ2n) is 4.57. The molecule has 1 aromatic carbocycles. The molecule has 0 radical (unpaired) electrons. The monoisotopic (exact) mass is 405 g/mol. The van der Waals surface area contributed by atoms with Gasteiger partial charge in [0, 0.05) is 4.47 Å². The Morgan fingerprint density at radius 1 is 1.32 bits per heavy atom. The predicted octanol–water partition coefficient (Wildman–Crippen LogP) is 2.88. The molecule has 2 aromatic rings. The van der Waals surface area contributed by atoms with Crippen molar-refractivity contribution in [2.75, 3.05) is 23.3 Å². The smallest absolute Gasteiger partial charge is 0.332 e. The van der Waals surface area contributed by atoms with E-state index in [1.165, 1.54) is 12.1 Å².